The number of hydrogen-bond donors (Lipinski definition) is 3. The Labute approximate surface area is 142 Å². The van der Waals surface area contributed by atoms with Gasteiger partial charge in [-0.25, -0.2) is 0 Å². The molecule has 0 radical (unpaired) electrons. The van der Waals surface area contributed by atoms with Crippen molar-refractivity contribution in [2.45, 2.75) is 41.5 Å². The molecule has 0 aliphatic heterocycles. The first-order valence-corrected chi connectivity index (χ1v) is 7.46. The normalized spacial score (nSPS) is 10.7. The molecule has 23 heavy (non-hydrogen) atoms. The summed E-state index contributed by atoms with van der Waals surface area (Å²) in [5.74, 6) is 0. The van der Waals surface area contributed by atoms with E-state index >= 15 is 0 Å². The quantitative estimate of drug-likeness (QED) is 0.615. The fraction of sp³-hybridized carbons (Fsp3) is 0.400. The molecule has 3 rings (SSSR count). The first-order valence-electron chi connectivity index (χ1n) is 7.46. The maximum Gasteiger partial charge on any atom is 0.255 e. The van der Waals surface area contributed by atoms with Crippen LogP contribution in [0.2, 0.25) is 0 Å². The number of nitrogens with zero attached hydrogens (tertiary/aromatic N) is 3. The molecule has 0 amide bonds. The molecule has 6 nitrogen and oxygen atoms in total. The van der Waals surface area contributed by atoms with Gasteiger partial charge < -0.3 is 0 Å². The van der Waals surface area contributed by atoms with Gasteiger partial charge in [-0.3, -0.25) is 15.3 Å². The summed E-state index contributed by atoms with van der Waals surface area (Å²) >= 11 is 0. The minimum Gasteiger partial charge on any atom is -0.283 e. The molecule has 0 atom stereocenters. The summed E-state index contributed by atoms with van der Waals surface area (Å²) in [4.78, 5) is 0. The van der Waals surface area contributed by atoms with E-state index in [0.29, 0.717) is 0 Å². The molecule has 0 aliphatic rings. The van der Waals surface area contributed by atoms with Gasteiger partial charge in [0.1, 0.15) is 0 Å². The van der Waals surface area contributed by atoms with Gasteiger partial charge in [0.15, 0.2) is 0 Å². The van der Waals surface area contributed by atoms with Gasteiger partial charge in [-0.05, 0) is 57.9 Å². The average Bonchev–Trinajstić information content (AvgIpc) is 3.08. The molecule has 3 heterocycles. The van der Waals surface area contributed by atoms with E-state index in [1.807, 2.05) is 20.8 Å². The Morgan fingerprint density at radius 2 is 0.826 bits per heavy atom. The Morgan fingerprint density at radius 1 is 0.565 bits per heavy atom. The van der Waals surface area contributed by atoms with Crippen LogP contribution in [0.1, 0.15) is 34.2 Å². The first kappa shape index (κ1) is 17.3. The van der Waals surface area contributed by atoms with Crippen LogP contribution in [-0.4, -0.2) is 37.3 Å². The first-order chi connectivity index (χ1) is 10.4. The van der Waals surface area contributed by atoms with Crippen molar-refractivity contribution in [2.24, 2.45) is 0 Å². The van der Waals surface area contributed by atoms with Crippen molar-refractivity contribution >= 4 is 35.5 Å². The predicted molar refractivity (Wildman–Crippen MR) is 96.1 cm³/mol. The second kappa shape index (κ2) is 6.24. The van der Waals surface area contributed by atoms with Crippen LogP contribution in [0.15, 0.2) is 0 Å². The summed E-state index contributed by atoms with van der Waals surface area (Å²) in [7, 11) is 0. The lowest BCUT2D eigenvalue weighted by molar-refractivity contribution is 1.02. The minimum absolute atomic E-state index is 0. The number of nitrogens with one attached hydrogen (secondary N) is 3. The molecule has 0 aliphatic carbocycles. The highest BCUT2D eigenvalue weighted by atomic mass is 35.5. The van der Waals surface area contributed by atoms with Gasteiger partial charge in [0.05, 0.1) is 17.1 Å². The van der Waals surface area contributed by atoms with Crippen molar-refractivity contribution in [3.8, 4) is 0 Å². The average molecular weight is 333 g/mol. The molecule has 0 saturated carbocycles. The summed E-state index contributed by atoms with van der Waals surface area (Å²) in [6.07, 6.45) is 0. The van der Waals surface area contributed by atoms with Crippen LogP contribution in [0.25, 0.3) is 0 Å². The second-order valence-corrected chi connectivity index (χ2v) is 5.98. The minimum atomic E-state index is 0. The van der Waals surface area contributed by atoms with E-state index in [0.717, 1.165) is 34.2 Å². The van der Waals surface area contributed by atoms with E-state index in [2.05, 4.69) is 51.4 Å². The van der Waals surface area contributed by atoms with Crippen molar-refractivity contribution in [3.05, 3.63) is 34.2 Å². The van der Waals surface area contributed by atoms with Gasteiger partial charge in [0, 0.05) is 17.1 Å². The van der Waals surface area contributed by atoms with Gasteiger partial charge in [-0.1, -0.05) is 0 Å². The van der Waals surface area contributed by atoms with E-state index in [1.54, 1.807) is 0 Å². The Bertz CT molecular complexity index is 663. The highest BCUT2D eigenvalue weighted by Gasteiger charge is 2.34. The third-order valence-electron chi connectivity index (χ3n) is 4.42. The fourth-order valence-electron chi connectivity index (χ4n) is 3.39. The largest absolute Gasteiger partial charge is 0.283 e. The number of aromatic nitrogens is 6. The van der Waals surface area contributed by atoms with Gasteiger partial charge in [-0.2, -0.15) is 15.3 Å². The number of halogens is 1. The van der Waals surface area contributed by atoms with E-state index < -0.39 is 0 Å². The lowest BCUT2D eigenvalue weighted by Crippen LogP contribution is -2.56. The van der Waals surface area contributed by atoms with Gasteiger partial charge >= 0.3 is 0 Å². The SMILES string of the molecule is Cc1n[nH]c(C)c1B(c1c(C)n[nH]c1C)c1c(C)n[nH]c1C.Cl. The zero-order valence-electron chi connectivity index (χ0n) is 14.3. The summed E-state index contributed by atoms with van der Waals surface area (Å²) in [5, 5.41) is 22.5. The zero-order chi connectivity index (χ0) is 16.0. The maximum absolute atomic E-state index is 4.39. The van der Waals surface area contributed by atoms with Crippen molar-refractivity contribution in [2.75, 3.05) is 0 Å². The van der Waals surface area contributed by atoms with Crippen LogP contribution in [0.4, 0.5) is 0 Å². The van der Waals surface area contributed by atoms with Crippen LogP contribution in [0.3, 0.4) is 0 Å². The van der Waals surface area contributed by atoms with Gasteiger partial charge in [-0.15, -0.1) is 12.4 Å². The molecule has 0 aromatic carbocycles. The molecule has 0 fully saturated rings. The van der Waals surface area contributed by atoms with Crippen molar-refractivity contribution < 1.29 is 0 Å². The summed E-state index contributed by atoms with van der Waals surface area (Å²) in [6, 6.07) is 0. The Hall–Kier alpha value is -2.02. The molecule has 8 heteroatoms. The predicted octanol–water partition coefficient (Wildman–Crippen LogP) is 0.644. The lowest BCUT2D eigenvalue weighted by Gasteiger charge is -2.16. The highest BCUT2D eigenvalue weighted by molar-refractivity contribution is 6.96. The number of H-pyrrole nitrogens is 3. The molecular weight excluding hydrogens is 310 g/mol. The molecule has 0 saturated heterocycles. The smallest absolute Gasteiger partial charge is 0.255 e. The van der Waals surface area contributed by atoms with Crippen molar-refractivity contribution in [1.29, 1.82) is 0 Å². The number of hydrogen-bond acceptors (Lipinski definition) is 3. The van der Waals surface area contributed by atoms with Crippen LogP contribution < -0.4 is 16.4 Å². The third-order valence-corrected chi connectivity index (χ3v) is 4.42. The monoisotopic (exact) mass is 332 g/mol. The molecule has 3 aromatic rings. The Morgan fingerprint density at radius 3 is 1.00 bits per heavy atom. The van der Waals surface area contributed by atoms with Crippen molar-refractivity contribution in [3.63, 3.8) is 0 Å². The van der Waals surface area contributed by atoms with Gasteiger partial charge in [0.2, 0.25) is 0 Å². The molecule has 0 bridgehead atoms. The molecule has 0 unspecified atom stereocenters. The van der Waals surface area contributed by atoms with E-state index in [9.17, 15) is 0 Å². The highest BCUT2D eigenvalue weighted by Crippen LogP contribution is 2.07. The maximum atomic E-state index is 4.39. The van der Waals surface area contributed by atoms with E-state index in [4.69, 9.17) is 0 Å². The van der Waals surface area contributed by atoms with Gasteiger partial charge in [0.25, 0.3) is 6.71 Å². The number of rotatable bonds is 3. The Balaban J connectivity index is 0.00000192. The summed E-state index contributed by atoms with van der Waals surface area (Å²) in [6.45, 7) is 12.4. The van der Waals surface area contributed by atoms with Crippen LogP contribution in [0.5, 0.6) is 0 Å². The van der Waals surface area contributed by atoms with Crippen LogP contribution >= 0.6 is 12.4 Å². The third kappa shape index (κ3) is 2.69. The second-order valence-electron chi connectivity index (χ2n) is 5.98. The van der Waals surface area contributed by atoms with Crippen molar-refractivity contribution in [1.82, 2.24) is 30.6 Å². The Kier molecular flexibility index (Phi) is 4.70. The lowest BCUT2D eigenvalue weighted by atomic mass is 9.35. The fourth-order valence-corrected chi connectivity index (χ4v) is 3.39. The summed E-state index contributed by atoms with van der Waals surface area (Å²) in [5.41, 5.74) is 9.93. The standard InChI is InChI=1S/C15H21BN6.ClH/c1-7-13(8(2)18-17-7)16(14-9(3)19-20-10(14)4)15-11(5)21-22-12(15)6;/h1-6H3,(H,17,18)(H,19,20)(H,21,22);1H. The zero-order valence-corrected chi connectivity index (χ0v) is 15.1. The molecular formula is C15H22BClN6. The summed E-state index contributed by atoms with van der Waals surface area (Å²) < 4.78 is 0. The molecule has 3 N–H and O–H groups in total. The van der Waals surface area contributed by atoms with Crippen LogP contribution in [0, 0.1) is 41.5 Å². The number of aromatic amines is 3. The molecule has 122 valence electrons. The van der Waals surface area contributed by atoms with E-state index in [-0.39, 0.29) is 19.1 Å². The number of aryl methyl sites for hydroxylation is 6. The molecule has 3 aromatic heterocycles. The topological polar surface area (TPSA) is 86.0 Å². The van der Waals surface area contributed by atoms with Crippen LogP contribution in [-0.2, 0) is 0 Å². The molecule has 0 spiro atoms. The van der Waals surface area contributed by atoms with E-state index in [1.165, 1.54) is 16.4 Å².